The predicted molar refractivity (Wildman–Crippen MR) is 119 cm³/mol. The highest BCUT2D eigenvalue weighted by Crippen LogP contribution is 2.42. The zero-order valence-electron chi connectivity index (χ0n) is 16.0. The van der Waals surface area contributed by atoms with E-state index in [1.54, 1.807) is 0 Å². The summed E-state index contributed by atoms with van der Waals surface area (Å²) in [5.41, 5.74) is 3.19. The molecule has 0 bridgehead atoms. The Hall–Kier alpha value is -2.18. The zero-order valence-corrected chi connectivity index (χ0v) is 18.4. The van der Waals surface area contributed by atoms with E-state index in [0.29, 0.717) is 0 Å². The van der Waals surface area contributed by atoms with Crippen LogP contribution in [0.4, 0.5) is 0 Å². The van der Waals surface area contributed by atoms with Gasteiger partial charge in [0.1, 0.15) is 17.6 Å². The van der Waals surface area contributed by atoms with E-state index < -0.39 is 0 Å². The summed E-state index contributed by atoms with van der Waals surface area (Å²) in [5, 5.41) is 4.17. The Bertz CT molecular complexity index is 1000. The van der Waals surface area contributed by atoms with Gasteiger partial charge >= 0.3 is 0 Å². The number of benzene rings is 1. The van der Waals surface area contributed by atoms with Crippen LogP contribution in [0.5, 0.6) is 0 Å². The van der Waals surface area contributed by atoms with Crippen molar-refractivity contribution in [2.24, 2.45) is 0 Å². The van der Waals surface area contributed by atoms with E-state index in [-0.39, 0.29) is 18.1 Å². The molecule has 4 rings (SSSR count). The lowest BCUT2D eigenvalue weighted by Gasteiger charge is -2.29. The molecule has 144 valence electrons. The van der Waals surface area contributed by atoms with Crippen molar-refractivity contribution in [1.29, 1.82) is 0 Å². The standard InChI is InChI=1S/C22H22BrN3OS/c1-13(2)26-21(20(25-22(26)28)17-6-4-5-11-24-17)19-10-9-18(27-19)15-8-7-14(3)12-16(15)23/h4-13,20-21H,1-3H3,(H,25,28)/t20-,21+/m0/s1. The second-order valence-corrected chi connectivity index (χ2v) is 8.55. The molecule has 0 radical (unpaired) electrons. The van der Waals surface area contributed by atoms with Crippen LogP contribution in [0.15, 0.2) is 63.6 Å². The predicted octanol–water partition coefficient (Wildman–Crippen LogP) is 5.79. The van der Waals surface area contributed by atoms with Crippen molar-refractivity contribution in [1.82, 2.24) is 15.2 Å². The van der Waals surface area contributed by atoms with Gasteiger partial charge in [-0.1, -0.05) is 28.1 Å². The van der Waals surface area contributed by atoms with Crippen molar-refractivity contribution in [2.45, 2.75) is 38.9 Å². The highest BCUT2D eigenvalue weighted by molar-refractivity contribution is 9.10. The Morgan fingerprint density at radius 3 is 2.68 bits per heavy atom. The highest BCUT2D eigenvalue weighted by Gasteiger charge is 2.42. The van der Waals surface area contributed by atoms with Crippen molar-refractivity contribution in [3.8, 4) is 11.3 Å². The maximum Gasteiger partial charge on any atom is 0.170 e. The number of pyridine rings is 1. The van der Waals surface area contributed by atoms with E-state index >= 15 is 0 Å². The van der Waals surface area contributed by atoms with Crippen LogP contribution in [-0.2, 0) is 0 Å². The van der Waals surface area contributed by atoms with Gasteiger partial charge in [-0.2, -0.15) is 0 Å². The van der Waals surface area contributed by atoms with Crippen molar-refractivity contribution in [2.75, 3.05) is 0 Å². The summed E-state index contributed by atoms with van der Waals surface area (Å²) in [4.78, 5) is 6.75. The fourth-order valence-corrected chi connectivity index (χ4v) is 4.84. The van der Waals surface area contributed by atoms with E-state index in [1.165, 1.54) is 5.56 Å². The summed E-state index contributed by atoms with van der Waals surface area (Å²) in [6.45, 7) is 6.36. The smallest absolute Gasteiger partial charge is 0.170 e. The molecule has 1 saturated heterocycles. The summed E-state index contributed by atoms with van der Waals surface area (Å²) in [7, 11) is 0. The molecule has 0 amide bonds. The number of aryl methyl sites for hydroxylation is 1. The summed E-state index contributed by atoms with van der Waals surface area (Å²) in [6.07, 6.45) is 1.81. The molecular weight excluding hydrogens is 434 g/mol. The Balaban J connectivity index is 1.76. The fourth-order valence-electron chi connectivity index (χ4n) is 3.70. The lowest BCUT2D eigenvalue weighted by Crippen LogP contribution is -2.35. The summed E-state index contributed by atoms with van der Waals surface area (Å²) in [5.74, 6) is 1.71. The van der Waals surface area contributed by atoms with Crippen molar-refractivity contribution in [3.05, 3.63) is 76.2 Å². The number of nitrogens with zero attached hydrogens (tertiary/aromatic N) is 2. The summed E-state index contributed by atoms with van der Waals surface area (Å²) < 4.78 is 7.38. The second kappa shape index (κ2) is 7.68. The van der Waals surface area contributed by atoms with Crippen LogP contribution in [0.1, 0.15) is 42.9 Å². The first-order chi connectivity index (χ1) is 13.5. The van der Waals surface area contributed by atoms with Gasteiger partial charge in [0.25, 0.3) is 0 Å². The number of hydrogen-bond donors (Lipinski definition) is 1. The van der Waals surface area contributed by atoms with Gasteiger partial charge in [0.2, 0.25) is 0 Å². The molecule has 3 heterocycles. The number of aromatic nitrogens is 1. The minimum Gasteiger partial charge on any atom is -0.459 e. The van der Waals surface area contributed by atoms with Crippen LogP contribution in [0.3, 0.4) is 0 Å². The van der Waals surface area contributed by atoms with Gasteiger partial charge in [0, 0.05) is 22.3 Å². The summed E-state index contributed by atoms with van der Waals surface area (Å²) >= 11 is 9.30. The molecule has 0 unspecified atom stereocenters. The van der Waals surface area contributed by atoms with E-state index in [1.807, 2.05) is 36.5 Å². The first kappa shape index (κ1) is 19.2. The normalized spacial score (nSPS) is 19.3. The minimum atomic E-state index is -0.0587. The van der Waals surface area contributed by atoms with Crippen molar-refractivity contribution in [3.63, 3.8) is 0 Å². The maximum atomic E-state index is 6.36. The molecule has 0 saturated carbocycles. The van der Waals surface area contributed by atoms with Crippen LogP contribution in [0.2, 0.25) is 0 Å². The minimum absolute atomic E-state index is 0.0552. The fraction of sp³-hybridized carbons (Fsp3) is 0.273. The van der Waals surface area contributed by atoms with Crippen LogP contribution < -0.4 is 5.32 Å². The van der Waals surface area contributed by atoms with Crippen LogP contribution in [0, 0.1) is 6.92 Å². The molecule has 6 heteroatoms. The molecule has 0 aliphatic carbocycles. The monoisotopic (exact) mass is 455 g/mol. The first-order valence-electron chi connectivity index (χ1n) is 9.31. The van der Waals surface area contributed by atoms with E-state index in [2.05, 4.69) is 70.1 Å². The molecule has 1 N–H and O–H groups in total. The Kier molecular flexibility index (Phi) is 5.25. The van der Waals surface area contributed by atoms with Crippen LogP contribution in [-0.4, -0.2) is 21.0 Å². The SMILES string of the molecule is Cc1ccc(-c2ccc([C@@H]3[C@H](c4ccccn4)NC(=S)N3C(C)C)o2)c(Br)c1. The van der Waals surface area contributed by atoms with Crippen molar-refractivity contribution >= 4 is 33.3 Å². The second-order valence-electron chi connectivity index (χ2n) is 7.31. The third-order valence-electron chi connectivity index (χ3n) is 5.00. The van der Waals surface area contributed by atoms with Crippen LogP contribution >= 0.6 is 28.1 Å². The molecule has 1 aliphatic rings. The Morgan fingerprint density at radius 1 is 1.18 bits per heavy atom. The molecule has 3 aromatic rings. The van der Waals surface area contributed by atoms with Gasteiger partial charge in [0.05, 0.1) is 11.7 Å². The topological polar surface area (TPSA) is 41.3 Å². The lowest BCUT2D eigenvalue weighted by atomic mass is 10.0. The number of rotatable bonds is 4. The number of hydrogen-bond acceptors (Lipinski definition) is 3. The zero-order chi connectivity index (χ0) is 19.8. The van der Waals surface area contributed by atoms with Gasteiger partial charge in [0.15, 0.2) is 5.11 Å². The molecular formula is C22H22BrN3OS. The number of nitrogens with one attached hydrogen (secondary N) is 1. The van der Waals surface area contributed by atoms with E-state index in [4.69, 9.17) is 16.6 Å². The molecule has 1 fully saturated rings. The van der Waals surface area contributed by atoms with Gasteiger partial charge in [-0.05, 0) is 75.0 Å². The highest BCUT2D eigenvalue weighted by atomic mass is 79.9. The molecule has 4 nitrogen and oxygen atoms in total. The molecule has 28 heavy (non-hydrogen) atoms. The van der Waals surface area contributed by atoms with Gasteiger partial charge in [-0.25, -0.2) is 0 Å². The Labute approximate surface area is 179 Å². The van der Waals surface area contributed by atoms with Crippen molar-refractivity contribution < 1.29 is 4.42 Å². The average Bonchev–Trinajstić information content (AvgIpc) is 3.26. The van der Waals surface area contributed by atoms with E-state index in [0.717, 1.165) is 32.4 Å². The molecule has 2 aromatic heterocycles. The first-order valence-corrected chi connectivity index (χ1v) is 10.5. The number of halogens is 1. The van der Waals surface area contributed by atoms with Gasteiger partial charge in [-0.3, -0.25) is 4.98 Å². The molecule has 1 aliphatic heterocycles. The molecule has 1 aromatic carbocycles. The molecule has 0 spiro atoms. The maximum absolute atomic E-state index is 6.36. The number of thiocarbonyl (C=S) groups is 1. The number of furan rings is 1. The quantitative estimate of drug-likeness (QED) is 0.503. The Morgan fingerprint density at radius 2 is 2.00 bits per heavy atom. The van der Waals surface area contributed by atoms with E-state index in [9.17, 15) is 0 Å². The largest absolute Gasteiger partial charge is 0.459 e. The molecule has 2 atom stereocenters. The third-order valence-corrected chi connectivity index (χ3v) is 5.98. The van der Waals surface area contributed by atoms with Crippen LogP contribution in [0.25, 0.3) is 11.3 Å². The van der Waals surface area contributed by atoms with Gasteiger partial charge < -0.3 is 14.6 Å². The average molecular weight is 456 g/mol. The van der Waals surface area contributed by atoms with Gasteiger partial charge in [-0.15, -0.1) is 0 Å². The lowest BCUT2D eigenvalue weighted by molar-refractivity contribution is 0.237. The third kappa shape index (κ3) is 3.47. The summed E-state index contributed by atoms with van der Waals surface area (Å²) in [6, 6.07) is 16.4.